The summed E-state index contributed by atoms with van der Waals surface area (Å²) < 4.78 is 2.04. The van der Waals surface area contributed by atoms with Crippen molar-refractivity contribution in [3.05, 3.63) is 80.6 Å². The highest BCUT2D eigenvalue weighted by molar-refractivity contribution is 7.15. The number of carbonyl (C=O) groups excluding carboxylic acids is 1. The molecule has 0 aliphatic carbocycles. The Morgan fingerprint density at radius 3 is 2.62 bits per heavy atom. The van der Waals surface area contributed by atoms with Crippen molar-refractivity contribution in [3.8, 4) is 5.00 Å². The summed E-state index contributed by atoms with van der Waals surface area (Å²) in [6.45, 7) is 7.96. The van der Waals surface area contributed by atoms with E-state index in [0.29, 0.717) is 23.3 Å². The Morgan fingerprint density at radius 1 is 1.12 bits per heavy atom. The minimum Gasteiger partial charge on any atom is -0.311 e. The molecule has 3 aromatic heterocycles. The number of benzene rings is 1. The van der Waals surface area contributed by atoms with Gasteiger partial charge >= 0.3 is 0 Å². The molecule has 172 valence electrons. The highest BCUT2D eigenvalue weighted by atomic mass is 35.5. The van der Waals surface area contributed by atoms with E-state index in [-0.39, 0.29) is 5.91 Å². The number of amides is 1. The maximum atomic E-state index is 11.7. The number of carbonyl (C=O) groups is 1. The van der Waals surface area contributed by atoms with E-state index in [9.17, 15) is 4.79 Å². The van der Waals surface area contributed by atoms with E-state index in [0.717, 1.165) is 38.8 Å². The Hall–Kier alpha value is -3.56. The van der Waals surface area contributed by atoms with Crippen LogP contribution in [0.5, 0.6) is 0 Å². The van der Waals surface area contributed by atoms with Crippen LogP contribution in [-0.2, 0) is 11.3 Å². The first-order valence-corrected chi connectivity index (χ1v) is 11.9. The Kier molecular flexibility index (Phi) is 5.66. The molecule has 1 N–H and O–H groups in total. The molecule has 0 unspecified atom stereocenters. The number of hydrogen-bond acceptors (Lipinski definition) is 7. The van der Waals surface area contributed by atoms with Crippen molar-refractivity contribution >= 4 is 46.3 Å². The van der Waals surface area contributed by atoms with Crippen molar-refractivity contribution in [2.24, 2.45) is 5.10 Å². The standard InChI is InChI=1S/C24H22ClN7OS/c1-13-14(2)34-23-20(13)21(17-7-9-19(25)10-8-17)30-31(24-29-28-15(3)32(23)24)12-18-6-5-11-26-22(18)27-16(4)33/h5-11H,12H2,1-4H3,(H,26,27,33). The maximum absolute atomic E-state index is 11.7. The van der Waals surface area contributed by atoms with Crippen molar-refractivity contribution < 1.29 is 4.79 Å². The summed E-state index contributed by atoms with van der Waals surface area (Å²) in [6, 6.07) is 11.4. The second-order valence-electron chi connectivity index (χ2n) is 8.05. The molecule has 8 nitrogen and oxygen atoms in total. The Balaban J connectivity index is 1.72. The van der Waals surface area contributed by atoms with Crippen LogP contribution in [0, 0.1) is 20.8 Å². The van der Waals surface area contributed by atoms with E-state index >= 15 is 0 Å². The first-order chi connectivity index (χ1) is 16.3. The fourth-order valence-corrected chi connectivity index (χ4v) is 5.27. The Labute approximate surface area is 205 Å². The Morgan fingerprint density at radius 2 is 1.88 bits per heavy atom. The van der Waals surface area contributed by atoms with E-state index in [2.05, 4.69) is 34.3 Å². The van der Waals surface area contributed by atoms with Crippen LogP contribution in [0.25, 0.3) is 5.00 Å². The molecule has 4 heterocycles. The lowest BCUT2D eigenvalue weighted by molar-refractivity contribution is -0.114. The second kappa shape index (κ2) is 8.66. The van der Waals surface area contributed by atoms with Gasteiger partial charge in [-0.25, -0.2) is 9.99 Å². The van der Waals surface area contributed by atoms with E-state index in [4.69, 9.17) is 16.7 Å². The third-order valence-electron chi connectivity index (χ3n) is 5.69. The average molecular weight is 492 g/mol. The van der Waals surface area contributed by atoms with Crippen LogP contribution < -0.4 is 10.3 Å². The van der Waals surface area contributed by atoms with Gasteiger partial charge < -0.3 is 5.32 Å². The molecule has 0 spiro atoms. The lowest BCUT2D eigenvalue weighted by Crippen LogP contribution is -2.22. The van der Waals surface area contributed by atoms with E-state index < -0.39 is 0 Å². The quantitative estimate of drug-likeness (QED) is 0.432. The third kappa shape index (κ3) is 3.86. The molecule has 4 aromatic rings. The van der Waals surface area contributed by atoms with Crippen molar-refractivity contribution in [1.82, 2.24) is 19.7 Å². The molecule has 1 aliphatic heterocycles. The van der Waals surface area contributed by atoms with Crippen molar-refractivity contribution in [3.63, 3.8) is 0 Å². The normalized spacial score (nSPS) is 12.6. The molecule has 0 radical (unpaired) electrons. The van der Waals surface area contributed by atoms with Crippen LogP contribution in [0.3, 0.4) is 0 Å². The fraction of sp³-hybridized carbons (Fsp3) is 0.208. The topological polar surface area (TPSA) is 88.3 Å². The van der Waals surface area contributed by atoms with E-state index in [1.165, 1.54) is 11.8 Å². The van der Waals surface area contributed by atoms with Crippen molar-refractivity contribution in [2.45, 2.75) is 34.2 Å². The molecule has 0 saturated carbocycles. The summed E-state index contributed by atoms with van der Waals surface area (Å²) in [6.07, 6.45) is 1.65. The summed E-state index contributed by atoms with van der Waals surface area (Å²) in [4.78, 5) is 17.3. The number of fused-ring (bicyclic) bond motifs is 3. The molecule has 1 aromatic carbocycles. The van der Waals surface area contributed by atoms with E-state index in [1.54, 1.807) is 17.5 Å². The average Bonchev–Trinajstić information content (AvgIpc) is 3.27. The predicted molar refractivity (Wildman–Crippen MR) is 135 cm³/mol. The van der Waals surface area contributed by atoms with Gasteiger partial charge in [0.15, 0.2) is 0 Å². The number of aromatic nitrogens is 4. The van der Waals surface area contributed by atoms with Gasteiger partial charge in [-0.3, -0.25) is 9.36 Å². The predicted octanol–water partition coefficient (Wildman–Crippen LogP) is 5.03. The fourth-order valence-electron chi connectivity index (χ4n) is 3.94. The first-order valence-electron chi connectivity index (χ1n) is 10.7. The molecule has 1 amide bonds. The van der Waals surface area contributed by atoms with Gasteiger partial charge in [0.2, 0.25) is 5.91 Å². The summed E-state index contributed by atoms with van der Waals surface area (Å²) in [5.74, 6) is 1.67. The summed E-state index contributed by atoms with van der Waals surface area (Å²) in [5, 5.41) is 20.2. The van der Waals surface area contributed by atoms with Gasteiger partial charge in [0.05, 0.1) is 6.54 Å². The van der Waals surface area contributed by atoms with Gasteiger partial charge in [-0.15, -0.1) is 21.5 Å². The molecule has 5 rings (SSSR count). The Bertz CT molecular complexity index is 1440. The number of nitrogens with one attached hydrogen (secondary N) is 1. The van der Waals surface area contributed by atoms with E-state index in [1.807, 2.05) is 52.9 Å². The number of hydrogen-bond donors (Lipinski definition) is 1. The molecule has 1 aliphatic rings. The van der Waals surface area contributed by atoms with Gasteiger partial charge in [0, 0.05) is 39.7 Å². The van der Waals surface area contributed by atoms with Crippen LogP contribution in [0.4, 0.5) is 11.8 Å². The zero-order valence-electron chi connectivity index (χ0n) is 19.1. The van der Waals surface area contributed by atoms with Crippen LogP contribution in [0.15, 0.2) is 47.7 Å². The van der Waals surface area contributed by atoms with Gasteiger partial charge in [-0.1, -0.05) is 29.8 Å². The van der Waals surface area contributed by atoms with Gasteiger partial charge in [0.25, 0.3) is 5.95 Å². The van der Waals surface area contributed by atoms with Crippen LogP contribution >= 0.6 is 22.9 Å². The minimum absolute atomic E-state index is 0.187. The summed E-state index contributed by atoms with van der Waals surface area (Å²) >= 11 is 7.87. The SMILES string of the molecule is CC(=O)Nc1ncccc1CN1N=C(c2ccc(Cl)cc2)c2c(sc(C)c2C)-n2c(C)nnc21. The number of thiophene rings is 1. The van der Waals surface area contributed by atoms with Crippen LogP contribution in [-0.4, -0.2) is 31.4 Å². The molecule has 0 saturated heterocycles. The number of pyridine rings is 1. The number of nitrogens with zero attached hydrogens (tertiary/aromatic N) is 6. The van der Waals surface area contributed by atoms with Crippen molar-refractivity contribution in [1.29, 1.82) is 0 Å². The number of hydrazone groups is 1. The van der Waals surface area contributed by atoms with Crippen LogP contribution in [0.1, 0.15) is 39.9 Å². The molecular weight excluding hydrogens is 470 g/mol. The highest BCUT2D eigenvalue weighted by Gasteiger charge is 2.30. The number of halogens is 1. The maximum Gasteiger partial charge on any atom is 0.253 e. The highest BCUT2D eigenvalue weighted by Crippen LogP contribution is 2.38. The number of anilines is 2. The molecule has 0 bridgehead atoms. The lowest BCUT2D eigenvalue weighted by atomic mass is 10.00. The third-order valence-corrected chi connectivity index (χ3v) is 7.13. The van der Waals surface area contributed by atoms with Gasteiger partial charge in [-0.05, 0) is 44.5 Å². The number of rotatable bonds is 4. The van der Waals surface area contributed by atoms with Crippen LogP contribution in [0.2, 0.25) is 5.02 Å². The minimum atomic E-state index is -0.187. The largest absolute Gasteiger partial charge is 0.311 e. The zero-order chi connectivity index (χ0) is 24.0. The molecular formula is C24H22ClN7OS. The number of aryl methyl sites for hydroxylation is 2. The monoisotopic (exact) mass is 491 g/mol. The molecule has 0 atom stereocenters. The first kappa shape index (κ1) is 22.2. The lowest BCUT2D eigenvalue weighted by Gasteiger charge is -2.19. The second-order valence-corrected chi connectivity index (χ2v) is 9.69. The van der Waals surface area contributed by atoms with Crippen molar-refractivity contribution in [2.75, 3.05) is 10.3 Å². The summed E-state index contributed by atoms with van der Waals surface area (Å²) in [5.41, 5.74) is 4.78. The molecule has 10 heteroatoms. The zero-order valence-corrected chi connectivity index (χ0v) is 20.7. The smallest absolute Gasteiger partial charge is 0.253 e. The van der Waals surface area contributed by atoms with Gasteiger partial charge in [0.1, 0.15) is 22.4 Å². The molecule has 34 heavy (non-hydrogen) atoms. The summed E-state index contributed by atoms with van der Waals surface area (Å²) in [7, 11) is 0. The molecule has 0 fully saturated rings. The van der Waals surface area contributed by atoms with Gasteiger partial charge in [-0.2, -0.15) is 5.10 Å².